The van der Waals surface area contributed by atoms with Gasteiger partial charge >= 0.3 is 0 Å². The smallest absolute Gasteiger partial charge is 0.211 e. The Morgan fingerprint density at radius 2 is 2.15 bits per heavy atom. The van der Waals surface area contributed by atoms with Gasteiger partial charge in [-0.2, -0.15) is 0 Å². The van der Waals surface area contributed by atoms with Crippen molar-refractivity contribution in [2.75, 3.05) is 0 Å². The van der Waals surface area contributed by atoms with Crippen LogP contribution in [-0.2, 0) is 15.8 Å². The predicted octanol–water partition coefficient (Wildman–Crippen LogP) is 2.02. The van der Waals surface area contributed by atoms with Crippen LogP contribution in [0.15, 0.2) is 28.7 Å². The van der Waals surface area contributed by atoms with Gasteiger partial charge in [-0.3, -0.25) is 0 Å². The maximum absolute atomic E-state index is 11.0. The highest BCUT2D eigenvalue weighted by molar-refractivity contribution is 9.10. The van der Waals surface area contributed by atoms with Gasteiger partial charge in [-0.1, -0.05) is 28.1 Å². The van der Waals surface area contributed by atoms with E-state index in [4.69, 9.17) is 11.8 Å². The molecule has 0 aliphatic heterocycles. The Morgan fingerprint density at radius 3 is 2.69 bits per heavy atom. The van der Waals surface area contributed by atoms with E-state index >= 15 is 0 Å². The molecule has 0 atom stereocenters. The molecule has 0 amide bonds. The summed E-state index contributed by atoms with van der Waals surface area (Å²) in [4.78, 5) is 0. The molecule has 0 heterocycles. The van der Waals surface area contributed by atoms with E-state index in [0.29, 0.717) is 5.56 Å². The Morgan fingerprint density at radius 1 is 1.46 bits per heavy atom. The van der Waals surface area contributed by atoms with Crippen LogP contribution in [0.3, 0.4) is 0 Å². The van der Waals surface area contributed by atoms with Crippen molar-refractivity contribution in [3.8, 4) is 0 Å². The molecule has 6 heteroatoms. The first-order chi connectivity index (χ1) is 6.03. The molecule has 0 fully saturated rings. The third-order valence-electron chi connectivity index (χ3n) is 1.36. The van der Waals surface area contributed by atoms with Gasteiger partial charge in [0.05, 0.1) is 5.75 Å². The summed E-state index contributed by atoms with van der Waals surface area (Å²) in [5.74, 6) is -0.115. The van der Waals surface area contributed by atoms with Crippen molar-refractivity contribution in [1.29, 1.82) is 0 Å². The zero-order valence-electron chi connectivity index (χ0n) is 6.50. The van der Waals surface area contributed by atoms with Crippen molar-refractivity contribution in [1.82, 2.24) is 4.24 Å². The Labute approximate surface area is 90.4 Å². The summed E-state index contributed by atoms with van der Waals surface area (Å²) in [6.07, 6.45) is 0. The minimum absolute atomic E-state index is 0.115. The van der Waals surface area contributed by atoms with Crippen LogP contribution in [0.5, 0.6) is 0 Å². The van der Waals surface area contributed by atoms with Crippen LogP contribution in [0.2, 0.25) is 0 Å². The monoisotopic (exact) mass is 283 g/mol. The van der Waals surface area contributed by atoms with Crippen LogP contribution in [-0.4, -0.2) is 8.42 Å². The van der Waals surface area contributed by atoms with E-state index in [9.17, 15) is 8.42 Å². The molecular formula is C7H7BrClNO2S. The van der Waals surface area contributed by atoms with Gasteiger partial charge < -0.3 is 0 Å². The minimum atomic E-state index is -3.39. The Balaban J connectivity index is 2.87. The second-order valence-corrected chi connectivity index (χ2v) is 5.52. The first-order valence-corrected chi connectivity index (χ1v) is 6.20. The molecule has 0 unspecified atom stereocenters. The molecule has 0 aliphatic rings. The molecule has 1 rings (SSSR count). The number of rotatable bonds is 3. The molecule has 0 aromatic heterocycles. The van der Waals surface area contributed by atoms with Gasteiger partial charge in [-0.05, 0) is 29.5 Å². The quantitative estimate of drug-likeness (QED) is 0.863. The average molecular weight is 285 g/mol. The molecular weight excluding hydrogens is 278 g/mol. The number of hydrogen-bond donors (Lipinski definition) is 1. The summed E-state index contributed by atoms with van der Waals surface area (Å²) >= 11 is 8.28. The third-order valence-corrected chi connectivity index (χ3v) is 3.51. The fourth-order valence-electron chi connectivity index (χ4n) is 0.873. The van der Waals surface area contributed by atoms with E-state index in [1.807, 2.05) is 6.07 Å². The van der Waals surface area contributed by atoms with E-state index in [2.05, 4.69) is 15.9 Å². The highest BCUT2D eigenvalue weighted by Gasteiger charge is 2.09. The maximum Gasteiger partial charge on any atom is 0.229 e. The first kappa shape index (κ1) is 11.0. The van der Waals surface area contributed by atoms with Crippen molar-refractivity contribution < 1.29 is 8.42 Å². The lowest BCUT2D eigenvalue weighted by atomic mass is 10.2. The molecule has 0 spiro atoms. The summed E-state index contributed by atoms with van der Waals surface area (Å²) in [6, 6.07) is 7.04. The van der Waals surface area contributed by atoms with E-state index < -0.39 is 10.0 Å². The van der Waals surface area contributed by atoms with E-state index in [1.54, 1.807) is 22.4 Å². The van der Waals surface area contributed by atoms with E-state index in [-0.39, 0.29) is 5.75 Å². The van der Waals surface area contributed by atoms with Crippen LogP contribution in [0, 0.1) is 0 Å². The van der Waals surface area contributed by atoms with Gasteiger partial charge in [0.1, 0.15) is 0 Å². The summed E-state index contributed by atoms with van der Waals surface area (Å²) in [5.41, 5.74) is 0.683. The van der Waals surface area contributed by atoms with Crippen LogP contribution >= 0.6 is 27.7 Å². The van der Waals surface area contributed by atoms with Gasteiger partial charge in [0.2, 0.25) is 10.0 Å². The van der Waals surface area contributed by atoms with Crippen LogP contribution in [0.4, 0.5) is 0 Å². The predicted molar refractivity (Wildman–Crippen MR) is 55.8 cm³/mol. The van der Waals surface area contributed by atoms with E-state index in [1.165, 1.54) is 0 Å². The highest BCUT2D eigenvalue weighted by atomic mass is 79.9. The zero-order valence-corrected chi connectivity index (χ0v) is 9.66. The Bertz CT molecular complexity index is 393. The molecule has 13 heavy (non-hydrogen) atoms. The zero-order chi connectivity index (χ0) is 9.90. The Kier molecular flexibility index (Phi) is 3.73. The largest absolute Gasteiger partial charge is 0.229 e. The van der Waals surface area contributed by atoms with Gasteiger partial charge in [-0.15, -0.1) is 4.24 Å². The highest BCUT2D eigenvalue weighted by Crippen LogP contribution is 2.13. The SMILES string of the molecule is O=S(=O)(Cc1cccc(Br)c1)NCl. The fraction of sp³-hybridized carbons (Fsp3) is 0.143. The van der Waals surface area contributed by atoms with Crippen molar-refractivity contribution >= 4 is 37.7 Å². The molecule has 72 valence electrons. The molecule has 1 N–H and O–H groups in total. The topological polar surface area (TPSA) is 46.2 Å². The van der Waals surface area contributed by atoms with Crippen LogP contribution in [0.25, 0.3) is 0 Å². The first-order valence-electron chi connectivity index (χ1n) is 3.38. The molecule has 0 aliphatic carbocycles. The number of nitrogens with one attached hydrogen (secondary N) is 1. The molecule has 0 saturated carbocycles. The average Bonchev–Trinajstić information content (AvgIpc) is 2.03. The number of halogens is 2. The molecule has 0 radical (unpaired) electrons. The number of benzene rings is 1. The Hall–Kier alpha value is -0.100. The van der Waals surface area contributed by atoms with Gasteiger partial charge in [0.15, 0.2) is 0 Å². The van der Waals surface area contributed by atoms with E-state index in [0.717, 1.165) is 4.47 Å². The molecule has 1 aromatic rings. The normalized spacial score (nSPS) is 11.5. The van der Waals surface area contributed by atoms with Gasteiger partial charge in [-0.25, -0.2) is 8.42 Å². The summed E-state index contributed by atoms with van der Waals surface area (Å²) < 4.78 is 24.6. The van der Waals surface area contributed by atoms with Crippen molar-refractivity contribution in [3.63, 3.8) is 0 Å². The van der Waals surface area contributed by atoms with Gasteiger partial charge in [0, 0.05) is 4.47 Å². The summed E-state index contributed by atoms with van der Waals surface area (Å²) in [7, 11) is -3.39. The summed E-state index contributed by atoms with van der Waals surface area (Å²) in [6.45, 7) is 0. The molecule has 0 saturated heterocycles. The maximum atomic E-state index is 11.0. The van der Waals surface area contributed by atoms with Crippen molar-refractivity contribution in [2.45, 2.75) is 5.75 Å². The van der Waals surface area contributed by atoms with Crippen LogP contribution in [0.1, 0.15) is 5.56 Å². The van der Waals surface area contributed by atoms with Crippen molar-refractivity contribution in [3.05, 3.63) is 34.3 Å². The lowest BCUT2D eigenvalue weighted by Crippen LogP contribution is -2.15. The van der Waals surface area contributed by atoms with Crippen LogP contribution < -0.4 is 4.24 Å². The third kappa shape index (κ3) is 3.64. The molecule has 1 aromatic carbocycles. The summed E-state index contributed by atoms with van der Waals surface area (Å²) in [5, 5.41) is 0. The second-order valence-electron chi connectivity index (χ2n) is 2.47. The fourth-order valence-corrected chi connectivity index (χ4v) is 2.16. The standard InChI is InChI=1S/C7H7BrClNO2S/c8-7-3-1-2-6(4-7)5-13(11,12)10-9/h1-4,10H,5H2. The molecule has 0 bridgehead atoms. The lowest BCUT2D eigenvalue weighted by Gasteiger charge is -2.01. The lowest BCUT2D eigenvalue weighted by molar-refractivity contribution is 0.593. The minimum Gasteiger partial charge on any atom is -0.211 e. The van der Waals surface area contributed by atoms with Gasteiger partial charge in [0.25, 0.3) is 0 Å². The second kappa shape index (κ2) is 4.41. The number of sulfonamides is 1. The van der Waals surface area contributed by atoms with Crippen molar-refractivity contribution in [2.24, 2.45) is 0 Å². The number of hydrogen-bond acceptors (Lipinski definition) is 2. The molecule has 3 nitrogen and oxygen atoms in total.